The van der Waals surface area contributed by atoms with E-state index in [9.17, 15) is 4.79 Å². The Bertz CT molecular complexity index is 1080. The molecule has 0 amide bonds. The van der Waals surface area contributed by atoms with E-state index in [1.165, 1.54) is 0 Å². The summed E-state index contributed by atoms with van der Waals surface area (Å²) in [6.45, 7) is 6.80. The Hall–Kier alpha value is -2.57. The molecule has 3 heterocycles. The van der Waals surface area contributed by atoms with E-state index in [1.54, 1.807) is 6.20 Å². The molecule has 1 saturated heterocycles. The van der Waals surface area contributed by atoms with Crippen molar-refractivity contribution in [3.63, 3.8) is 0 Å². The van der Waals surface area contributed by atoms with Gasteiger partial charge in [-0.25, -0.2) is 4.98 Å². The number of carbonyl (C=O) groups excluding carboxylic acids is 1. The molecule has 6 nitrogen and oxygen atoms in total. The molecular formula is C26H31N3O3. The Morgan fingerprint density at radius 1 is 1.03 bits per heavy atom. The van der Waals surface area contributed by atoms with Crippen LogP contribution in [0.2, 0.25) is 0 Å². The Balaban J connectivity index is 1.20. The van der Waals surface area contributed by atoms with Gasteiger partial charge in [0.15, 0.2) is 11.7 Å². The number of ketones is 1. The number of nitrogens with zero attached hydrogens (tertiary/aromatic N) is 3. The van der Waals surface area contributed by atoms with E-state index in [4.69, 9.17) is 9.15 Å². The van der Waals surface area contributed by atoms with Crippen molar-refractivity contribution in [2.24, 2.45) is 11.8 Å². The van der Waals surface area contributed by atoms with Gasteiger partial charge in [0.25, 0.3) is 0 Å². The molecule has 1 aliphatic carbocycles. The van der Waals surface area contributed by atoms with Crippen molar-refractivity contribution in [1.82, 2.24) is 14.9 Å². The number of fused-ring (bicyclic) bond motifs is 1. The van der Waals surface area contributed by atoms with Gasteiger partial charge in [0, 0.05) is 61.7 Å². The summed E-state index contributed by atoms with van der Waals surface area (Å²) in [5.74, 6) is 2.64. The summed E-state index contributed by atoms with van der Waals surface area (Å²) in [4.78, 5) is 24.3. The Kier molecular flexibility index (Phi) is 6.32. The lowest BCUT2D eigenvalue weighted by Crippen LogP contribution is -2.40. The highest BCUT2D eigenvalue weighted by atomic mass is 16.5. The summed E-state index contributed by atoms with van der Waals surface area (Å²) in [5, 5.41) is 2.13. The van der Waals surface area contributed by atoms with E-state index in [2.05, 4.69) is 20.9 Å². The maximum absolute atomic E-state index is 13.0. The highest BCUT2D eigenvalue weighted by Crippen LogP contribution is 2.31. The van der Waals surface area contributed by atoms with Crippen LogP contribution < -0.4 is 0 Å². The van der Waals surface area contributed by atoms with Crippen LogP contribution in [0.1, 0.15) is 37.3 Å². The SMILES string of the molecule is Cc1ncc(-c2ccc3cnc(CC(=O)C4CCC(CN5CCOCC5)CC4)cc3c2)o1. The summed E-state index contributed by atoms with van der Waals surface area (Å²) in [7, 11) is 0. The largest absolute Gasteiger partial charge is 0.441 e. The number of rotatable bonds is 6. The number of morpholine rings is 1. The van der Waals surface area contributed by atoms with Crippen molar-refractivity contribution in [2.45, 2.75) is 39.0 Å². The van der Waals surface area contributed by atoms with Gasteiger partial charge in [0.1, 0.15) is 5.78 Å². The van der Waals surface area contributed by atoms with Crippen molar-refractivity contribution in [2.75, 3.05) is 32.8 Å². The Morgan fingerprint density at radius 3 is 2.59 bits per heavy atom. The monoisotopic (exact) mass is 433 g/mol. The average molecular weight is 434 g/mol. The predicted octanol–water partition coefficient (Wildman–Crippen LogP) is 4.45. The molecule has 3 aromatic rings. The van der Waals surface area contributed by atoms with Gasteiger partial charge in [-0.15, -0.1) is 0 Å². The quantitative estimate of drug-likeness (QED) is 0.572. The average Bonchev–Trinajstić information content (AvgIpc) is 3.26. The molecule has 2 aliphatic rings. The van der Waals surface area contributed by atoms with Crippen molar-refractivity contribution in [3.05, 3.63) is 48.2 Å². The lowest BCUT2D eigenvalue weighted by Gasteiger charge is -2.34. The number of ether oxygens (including phenoxy) is 1. The number of benzene rings is 1. The maximum Gasteiger partial charge on any atom is 0.191 e. The molecule has 1 saturated carbocycles. The second-order valence-corrected chi connectivity index (χ2v) is 9.25. The molecule has 0 unspecified atom stereocenters. The zero-order chi connectivity index (χ0) is 21.9. The second-order valence-electron chi connectivity index (χ2n) is 9.25. The van der Waals surface area contributed by atoms with Gasteiger partial charge < -0.3 is 9.15 Å². The lowest BCUT2D eigenvalue weighted by atomic mass is 9.79. The highest BCUT2D eigenvalue weighted by Gasteiger charge is 2.28. The second kappa shape index (κ2) is 9.51. The summed E-state index contributed by atoms with van der Waals surface area (Å²) < 4.78 is 11.1. The predicted molar refractivity (Wildman–Crippen MR) is 123 cm³/mol. The van der Waals surface area contributed by atoms with Gasteiger partial charge in [0.05, 0.1) is 19.4 Å². The minimum absolute atomic E-state index is 0.178. The fraction of sp³-hybridized carbons (Fsp3) is 0.500. The summed E-state index contributed by atoms with van der Waals surface area (Å²) in [6, 6.07) is 8.19. The summed E-state index contributed by atoms with van der Waals surface area (Å²) in [6.07, 6.45) is 8.36. The van der Waals surface area contributed by atoms with Gasteiger partial charge in [-0.1, -0.05) is 12.1 Å². The van der Waals surface area contributed by atoms with E-state index >= 15 is 0 Å². The number of hydrogen-bond donors (Lipinski definition) is 0. The third-order valence-electron chi connectivity index (χ3n) is 6.96. The molecule has 0 bridgehead atoms. The van der Waals surface area contributed by atoms with Crippen LogP contribution in [0.4, 0.5) is 0 Å². The normalized spacial score (nSPS) is 22.3. The number of hydrogen-bond acceptors (Lipinski definition) is 6. The number of carbonyl (C=O) groups is 1. The summed E-state index contributed by atoms with van der Waals surface area (Å²) in [5.41, 5.74) is 1.84. The van der Waals surface area contributed by atoms with Crippen LogP contribution in [0, 0.1) is 18.8 Å². The fourth-order valence-electron chi connectivity index (χ4n) is 5.07. The van der Waals surface area contributed by atoms with Crippen LogP contribution in [-0.4, -0.2) is 53.5 Å². The minimum atomic E-state index is 0.178. The fourth-order valence-corrected chi connectivity index (χ4v) is 5.07. The topological polar surface area (TPSA) is 68.5 Å². The molecule has 1 aromatic carbocycles. The molecule has 1 aliphatic heterocycles. The van der Waals surface area contributed by atoms with Crippen molar-refractivity contribution >= 4 is 16.6 Å². The molecule has 0 spiro atoms. The molecule has 0 radical (unpaired) electrons. The van der Waals surface area contributed by atoms with E-state index in [-0.39, 0.29) is 5.92 Å². The number of Topliss-reactive ketones (excluding diaryl/α,β-unsaturated/α-hetero) is 1. The van der Waals surface area contributed by atoms with Gasteiger partial charge in [-0.3, -0.25) is 14.7 Å². The first kappa shape index (κ1) is 21.3. The first-order valence-corrected chi connectivity index (χ1v) is 11.8. The van der Waals surface area contributed by atoms with Crippen LogP contribution in [0.15, 0.2) is 41.1 Å². The van der Waals surface area contributed by atoms with Crippen LogP contribution in [0.3, 0.4) is 0 Å². The van der Waals surface area contributed by atoms with Crippen LogP contribution >= 0.6 is 0 Å². The third-order valence-corrected chi connectivity index (χ3v) is 6.96. The van der Waals surface area contributed by atoms with Crippen molar-refractivity contribution < 1.29 is 13.9 Å². The van der Waals surface area contributed by atoms with E-state index in [1.807, 2.05) is 31.3 Å². The number of aryl methyl sites for hydroxylation is 1. The van der Waals surface area contributed by atoms with E-state index in [0.29, 0.717) is 24.0 Å². The first-order chi connectivity index (χ1) is 15.6. The van der Waals surface area contributed by atoms with Crippen LogP contribution in [-0.2, 0) is 16.0 Å². The molecule has 6 heteroatoms. The standard InChI is InChI=1S/C26H31N3O3/c1-18-27-16-26(32-18)21-6-7-22-15-28-24(13-23(22)12-21)14-25(30)20-4-2-19(3-5-20)17-29-8-10-31-11-9-29/h6-7,12-13,15-16,19-20H,2-5,8-11,14,17H2,1H3. The van der Waals surface area contributed by atoms with Gasteiger partial charge in [-0.2, -0.15) is 0 Å². The third kappa shape index (κ3) is 4.92. The molecular weight excluding hydrogens is 402 g/mol. The van der Waals surface area contributed by atoms with Crippen LogP contribution in [0.5, 0.6) is 0 Å². The van der Waals surface area contributed by atoms with Crippen molar-refractivity contribution in [3.8, 4) is 11.3 Å². The Morgan fingerprint density at radius 2 is 1.84 bits per heavy atom. The molecule has 2 aromatic heterocycles. The lowest BCUT2D eigenvalue weighted by molar-refractivity contribution is -0.123. The highest BCUT2D eigenvalue weighted by molar-refractivity contribution is 5.88. The van der Waals surface area contributed by atoms with Crippen molar-refractivity contribution in [1.29, 1.82) is 0 Å². The molecule has 0 N–H and O–H groups in total. The molecule has 168 valence electrons. The maximum atomic E-state index is 13.0. The van der Waals surface area contributed by atoms with Gasteiger partial charge >= 0.3 is 0 Å². The molecule has 0 atom stereocenters. The van der Waals surface area contributed by atoms with Gasteiger partial charge in [0.2, 0.25) is 0 Å². The van der Waals surface area contributed by atoms with Crippen LogP contribution in [0.25, 0.3) is 22.1 Å². The molecule has 32 heavy (non-hydrogen) atoms. The Labute approximate surface area is 189 Å². The smallest absolute Gasteiger partial charge is 0.191 e. The number of pyridine rings is 1. The van der Waals surface area contributed by atoms with Gasteiger partial charge in [-0.05, 0) is 49.1 Å². The number of oxazole rings is 1. The van der Waals surface area contributed by atoms with E-state index in [0.717, 1.165) is 86.3 Å². The minimum Gasteiger partial charge on any atom is -0.441 e. The molecule has 5 rings (SSSR count). The first-order valence-electron chi connectivity index (χ1n) is 11.8. The van der Waals surface area contributed by atoms with E-state index < -0.39 is 0 Å². The zero-order valence-corrected chi connectivity index (χ0v) is 18.8. The summed E-state index contributed by atoms with van der Waals surface area (Å²) >= 11 is 0. The zero-order valence-electron chi connectivity index (χ0n) is 18.8. The molecule has 2 fully saturated rings. The number of aromatic nitrogens is 2.